The van der Waals surface area contributed by atoms with Crippen LogP contribution in [0.3, 0.4) is 0 Å². The first kappa shape index (κ1) is 22.0. The maximum absolute atomic E-state index is 11.9. The standard InChI is InChI=1S/C21H27ClN6O2S/c1-4-26-9-11-27(12-10-26)20-18-21(24-15(2)23-20)28(13-14-31(3,29)30)19(25-18)16-7-5-6-8-17(16)22/h5-8H,4,9-14H2,1-3H3. The smallest absolute Gasteiger partial charge is 0.166 e. The van der Waals surface area contributed by atoms with Crippen molar-refractivity contribution >= 4 is 38.4 Å². The summed E-state index contributed by atoms with van der Waals surface area (Å²) < 4.78 is 25.7. The fourth-order valence-electron chi connectivity index (χ4n) is 3.91. The minimum atomic E-state index is -3.17. The largest absolute Gasteiger partial charge is 0.352 e. The van der Waals surface area contributed by atoms with E-state index in [0.717, 1.165) is 44.1 Å². The molecule has 0 atom stereocenters. The van der Waals surface area contributed by atoms with Gasteiger partial charge in [0.25, 0.3) is 0 Å². The fraction of sp³-hybridized carbons (Fsp3) is 0.476. The first-order valence-electron chi connectivity index (χ1n) is 10.4. The fourth-order valence-corrected chi connectivity index (χ4v) is 4.64. The summed E-state index contributed by atoms with van der Waals surface area (Å²) >= 11 is 6.48. The maximum atomic E-state index is 11.9. The molecule has 8 nitrogen and oxygen atoms in total. The second-order valence-electron chi connectivity index (χ2n) is 7.88. The van der Waals surface area contributed by atoms with Crippen LogP contribution in [0.5, 0.6) is 0 Å². The molecule has 4 rings (SSSR count). The van der Waals surface area contributed by atoms with Gasteiger partial charge in [-0.25, -0.2) is 23.4 Å². The Morgan fingerprint density at radius 3 is 2.42 bits per heavy atom. The van der Waals surface area contributed by atoms with Crippen LogP contribution in [0.2, 0.25) is 5.02 Å². The van der Waals surface area contributed by atoms with Crippen molar-refractivity contribution in [3.8, 4) is 11.4 Å². The van der Waals surface area contributed by atoms with Crippen LogP contribution < -0.4 is 4.90 Å². The molecule has 1 aliphatic heterocycles. The summed E-state index contributed by atoms with van der Waals surface area (Å²) in [6.45, 7) is 8.95. The van der Waals surface area contributed by atoms with Crippen molar-refractivity contribution in [3.05, 3.63) is 35.1 Å². The zero-order chi connectivity index (χ0) is 22.2. The van der Waals surface area contributed by atoms with Crippen molar-refractivity contribution in [2.24, 2.45) is 0 Å². The maximum Gasteiger partial charge on any atom is 0.166 e. The Morgan fingerprint density at radius 1 is 1.06 bits per heavy atom. The molecule has 0 amide bonds. The zero-order valence-corrected chi connectivity index (χ0v) is 19.6. The SMILES string of the molecule is CCN1CCN(c2nc(C)nc3c2nc(-c2ccccc2Cl)n3CCS(C)(=O)=O)CC1. The summed E-state index contributed by atoms with van der Waals surface area (Å²) in [4.78, 5) is 18.9. The van der Waals surface area contributed by atoms with E-state index in [1.54, 1.807) is 6.07 Å². The summed E-state index contributed by atoms with van der Waals surface area (Å²) in [5.41, 5.74) is 2.06. The molecule has 10 heteroatoms. The third-order valence-corrected chi connectivity index (χ3v) is 6.86. The van der Waals surface area contributed by atoms with Gasteiger partial charge in [-0.2, -0.15) is 0 Å². The second kappa shape index (κ2) is 8.72. The Labute approximate surface area is 187 Å². The van der Waals surface area contributed by atoms with Gasteiger partial charge in [0.1, 0.15) is 21.5 Å². The summed E-state index contributed by atoms with van der Waals surface area (Å²) in [7, 11) is -3.17. The lowest BCUT2D eigenvalue weighted by atomic mass is 10.2. The second-order valence-corrected chi connectivity index (χ2v) is 10.6. The molecule has 0 radical (unpaired) electrons. The molecular weight excluding hydrogens is 436 g/mol. The van der Waals surface area contributed by atoms with Crippen molar-refractivity contribution in [2.75, 3.05) is 49.6 Å². The third kappa shape index (κ3) is 4.68. The average Bonchev–Trinajstić information content (AvgIpc) is 3.09. The number of likely N-dealkylation sites (N-methyl/N-ethyl adjacent to an activating group) is 1. The molecule has 1 aromatic carbocycles. The number of hydrogen-bond acceptors (Lipinski definition) is 7. The molecule has 3 heterocycles. The van der Waals surface area contributed by atoms with Gasteiger partial charge in [-0.3, -0.25) is 0 Å². The van der Waals surface area contributed by atoms with E-state index in [-0.39, 0.29) is 12.3 Å². The number of benzene rings is 1. The van der Waals surface area contributed by atoms with Gasteiger partial charge in [0.05, 0.1) is 10.8 Å². The van der Waals surface area contributed by atoms with Gasteiger partial charge in [0, 0.05) is 44.5 Å². The van der Waals surface area contributed by atoms with Crippen LogP contribution in [-0.4, -0.2) is 77.6 Å². The Balaban J connectivity index is 1.87. The van der Waals surface area contributed by atoms with E-state index in [9.17, 15) is 8.42 Å². The Hall–Kier alpha value is -2.23. The van der Waals surface area contributed by atoms with E-state index in [2.05, 4.69) is 21.7 Å². The van der Waals surface area contributed by atoms with E-state index >= 15 is 0 Å². The highest BCUT2D eigenvalue weighted by Crippen LogP contribution is 2.33. The molecule has 1 aliphatic rings. The quantitative estimate of drug-likeness (QED) is 0.556. The molecule has 0 spiro atoms. The first-order valence-corrected chi connectivity index (χ1v) is 12.9. The Morgan fingerprint density at radius 2 is 1.77 bits per heavy atom. The van der Waals surface area contributed by atoms with Crippen molar-refractivity contribution < 1.29 is 8.42 Å². The lowest BCUT2D eigenvalue weighted by Gasteiger charge is -2.34. The summed E-state index contributed by atoms with van der Waals surface area (Å²) in [6.07, 6.45) is 1.24. The number of fused-ring (bicyclic) bond motifs is 1. The predicted octanol–water partition coefficient (Wildman–Crippen LogP) is 2.64. The highest BCUT2D eigenvalue weighted by atomic mass is 35.5. The van der Waals surface area contributed by atoms with Gasteiger partial charge >= 0.3 is 0 Å². The lowest BCUT2D eigenvalue weighted by molar-refractivity contribution is 0.270. The number of rotatable bonds is 6. The molecule has 0 bridgehead atoms. The zero-order valence-electron chi connectivity index (χ0n) is 18.0. The molecule has 1 saturated heterocycles. The molecule has 166 valence electrons. The number of halogens is 1. The van der Waals surface area contributed by atoms with E-state index in [0.29, 0.717) is 27.8 Å². The van der Waals surface area contributed by atoms with Crippen molar-refractivity contribution in [3.63, 3.8) is 0 Å². The van der Waals surface area contributed by atoms with Crippen LogP contribution >= 0.6 is 11.6 Å². The number of aryl methyl sites for hydroxylation is 2. The highest BCUT2D eigenvalue weighted by Gasteiger charge is 2.25. The number of piperazine rings is 1. The highest BCUT2D eigenvalue weighted by molar-refractivity contribution is 7.90. The van der Waals surface area contributed by atoms with Gasteiger partial charge in [-0.15, -0.1) is 0 Å². The number of sulfone groups is 1. The Kier molecular flexibility index (Phi) is 6.18. The number of nitrogens with zero attached hydrogens (tertiary/aromatic N) is 6. The van der Waals surface area contributed by atoms with Crippen LogP contribution in [0.4, 0.5) is 5.82 Å². The van der Waals surface area contributed by atoms with Gasteiger partial charge in [-0.1, -0.05) is 30.7 Å². The van der Waals surface area contributed by atoms with E-state index < -0.39 is 9.84 Å². The first-order chi connectivity index (χ1) is 14.8. The molecule has 0 saturated carbocycles. The topological polar surface area (TPSA) is 84.2 Å². The minimum Gasteiger partial charge on any atom is -0.352 e. The van der Waals surface area contributed by atoms with Crippen LogP contribution in [0.1, 0.15) is 12.7 Å². The molecule has 1 fully saturated rings. The van der Waals surface area contributed by atoms with Crippen molar-refractivity contribution in [2.45, 2.75) is 20.4 Å². The van der Waals surface area contributed by atoms with Gasteiger partial charge in [0.2, 0.25) is 0 Å². The van der Waals surface area contributed by atoms with E-state index in [1.165, 1.54) is 6.26 Å². The van der Waals surface area contributed by atoms with Crippen LogP contribution in [0.15, 0.2) is 24.3 Å². The van der Waals surface area contributed by atoms with Crippen LogP contribution in [0.25, 0.3) is 22.6 Å². The minimum absolute atomic E-state index is 0.0104. The summed E-state index contributed by atoms with van der Waals surface area (Å²) in [5.74, 6) is 2.03. The number of aromatic nitrogens is 4. The molecule has 0 unspecified atom stereocenters. The molecule has 0 aliphatic carbocycles. The van der Waals surface area contributed by atoms with Crippen LogP contribution in [-0.2, 0) is 16.4 Å². The van der Waals surface area contributed by atoms with Crippen LogP contribution in [0, 0.1) is 6.92 Å². The lowest BCUT2D eigenvalue weighted by Crippen LogP contribution is -2.46. The van der Waals surface area contributed by atoms with Gasteiger partial charge < -0.3 is 14.4 Å². The molecule has 2 aromatic heterocycles. The Bertz CT molecular complexity index is 1200. The third-order valence-electron chi connectivity index (χ3n) is 5.61. The average molecular weight is 463 g/mol. The van der Waals surface area contributed by atoms with E-state index in [4.69, 9.17) is 21.6 Å². The molecule has 0 N–H and O–H groups in total. The number of hydrogen-bond donors (Lipinski definition) is 0. The van der Waals surface area contributed by atoms with Gasteiger partial charge in [-0.05, 0) is 25.6 Å². The number of anilines is 1. The monoisotopic (exact) mass is 462 g/mol. The summed E-state index contributed by atoms with van der Waals surface area (Å²) in [6, 6.07) is 7.45. The normalized spacial score (nSPS) is 15.7. The number of imidazole rings is 1. The molecule has 3 aromatic rings. The molecular formula is C21H27ClN6O2S. The van der Waals surface area contributed by atoms with Crippen molar-refractivity contribution in [1.82, 2.24) is 24.4 Å². The van der Waals surface area contributed by atoms with E-state index in [1.807, 2.05) is 29.7 Å². The molecule has 31 heavy (non-hydrogen) atoms. The van der Waals surface area contributed by atoms with Gasteiger partial charge in [0.15, 0.2) is 17.0 Å². The summed E-state index contributed by atoms with van der Waals surface area (Å²) in [5, 5.41) is 0.557. The predicted molar refractivity (Wildman–Crippen MR) is 125 cm³/mol. The van der Waals surface area contributed by atoms with Crippen molar-refractivity contribution in [1.29, 1.82) is 0 Å².